The first-order valence-corrected chi connectivity index (χ1v) is 26.6. The molecule has 74 heavy (non-hydrogen) atoms. The molecule has 6 aliphatic rings. The smallest absolute Gasteiger partial charge is 0.247 e. The Bertz CT molecular complexity index is 2390. The van der Waals surface area contributed by atoms with Gasteiger partial charge in [-0.05, 0) is 102 Å². The second-order valence-corrected chi connectivity index (χ2v) is 21.3. The fourth-order valence-corrected chi connectivity index (χ4v) is 11.5. The summed E-state index contributed by atoms with van der Waals surface area (Å²) in [6.07, 6.45) is 4.84. The zero-order chi connectivity index (χ0) is 52.2. The Morgan fingerprint density at radius 2 is 0.892 bits per heavy atom. The number of carbonyl (C=O) groups is 8. The minimum atomic E-state index is -1.07. The average molecular weight is 1010 g/mol. The van der Waals surface area contributed by atoms with Gasteiger partial charge in [0.1, 0.15) is 24.2 Å². The Balaban J connectivity index is 0.822. The lowest BCUT2D eigenvalue weighted by Crippen LogP contribution is -2.62. The summed E-state index contributed by atoms with van der Waals surface area (Å²) in [6, 6.07) is 22.1. The van der Waals surface area contributed by atoms with Gasteiger partial charge in [-0.1, -0.05) is 84.9 Å². The molecule has 6 N–H and O–H groups in total. The number of hydrogen-bond donors (Lipinski definition) is 6. The molecule has 0 radical (unpaired) electrons. The molecule has 0 unspecified atom stereocenters. The molecule has 4 saturated heterocycles. The number of rotatable bonds is 16. The van der Waals surface area contributed by atoms with Gasteiger partial charge in [-0.25, -0.2) is 0 Å². The fraction of sp³-hybridized carbons (Fsp3) is 0.536. The molecule has 3 aromatic carbocycles. The lowest BCUT2D eigenvalue weighted by Gasteiger charge is -2.39. The number of likely N-dealkylation sites (N-methyl/N-ethyl adjacent to an activating group) is 2. The van der Waals surface area contributed by atoms with Crippen molar-refractivity contribution in [3.05, 3.63) is 107 Å². The molecule has 0 spiro atoms. The molecule has 2 aliphatic carbocycles. The van der Waals surface area contributed by atoms with Crippen LogP contribution in [0.15, 0.2) is 84.9 Å². The Kier molecular flexibility index (Phi) is 16.1. The predicted octanol–water partition coefficient (Wildman–Crippen LogP) is 1.49. The van der Waals surface area contributed by atoms with E-state index in [1.165, 1.54) is 11.1 Å². The van der Waals surface area contributed by atoms with Crippen molar-refractivity contribution < 1.29 is 38.4 Å². The topological polar surface area (TPSA) is 222 Å². The van der Waals surface area contributed by atoms with Crippen LogP contribution in [0.4, 0.5) is 0 Å². The number of benzene rings is 3. The molecule has 18 heteroatoms. The van der Waals surface area contributed by atoms with Gasteiger partial charge in [-0.15, -0.1) is 0 Å². The van der Waals surface area contributed by atoms with E-state index < -0.39 is 48.1 Å². The van der Waals surface area contributed by atoms with Crippen molar-refractivity contribution in [3.8, 4) is 0 Å². The van der Waals surface area contributed by atoms with Crippen molar-refractivity contribution in [3.63, 3.8) is 0 Å². The normalized spacial score (nSPS) is 28.3. The fourth-order valence-electron chi connectivity index (χ4n) is 11.5. The Morgan fingerprint density at radius 1 is 0.514 bits per heavy atom. The summed E-state index contributed by atoms with van der Waals surface area (Å²) in [5, 5.41) is 18.0. The Labute approximate surface area is 433 Å². The number of nitrogens with zero attached hydrogens (tertiary/aromatic N) is 4. The second-order valence-electron chi connectivity index (χ2n) is 21.3. The van der Waals surface area contributed by atoms with E-state index in [1.54, 1.807) is 71.8 Å². The van der Waals surface area contributed by atoms with Crippen LogP contribution in [0.5, 0.6) is 0 Å². The molecule has 18 nitrogen and oxygen atoms in total. The van der Waals surface area contributed by atoms with Gasteiger partial charge in [0.05, 0.1) is 24.9 Å². The summed E-state index contributed by atoms with van der Waals surface area (Å²) < 4.78 is 0. The van der Waals surface area contributed by atoms with Crippen molar-refractivity contribution in [2.45, 2.75) is 150 Å². The zero-order valence-electron chi connectivity index (χ0n) is 43.0. The SMILES string of the molecule is CN[C@@H](C)C(=O)N[C@H]1CN(C(=O)Cc2ccc(CC(=O)N3CC[C@H]4CC[C@@H](C(=O)N[C@H]5C[C@@H]5c5ccccc5)N4C(=O)[C@H](NC(=O)[C@H](C)NC)C3)cc2)CC[C@H]2CC[C@@H](C(=O)N[C@H]3C[C@@H]3c3ccccc3)N2C1=O. The van der Waals surface area contributed by atoms with Crippen LogP contribution >= 0.6 is 0 Å². The van der Waals surface area contributed by atoms with Crippen LogP contribution in [0, 0.1) is 0 Å². The van der Waals surface area contributed by atoms with Crippen LogP contribution in [0.1, 0.15) is 99.3 Å². The molecule has 9 rings (SSSR count). The summed E-state index contributed by atoms with van der Waals surface area (Å²) in [4.78, 5) is 118. The van der Waals surface area contributed by atoms with Crippen LogP contribution in [0.25, 0.3) is 0 Å². The maximum atomic E-state index is 14.5. The van der Waals surface area contributed by atoms with Crippen molar-refractivity contribution in [2.75, 3.05) is 40.3 Å². The minimum Gasteiger partial charge on any atom is -0.351 e. The maximum Gasteiger partial charge on any atom is 0.247 e. The Morgan fingerprint density at radius 3 is 1.26 bits per heavy atom. The van der Waals surface area contributed by atoms with Gasteiger partial charge in [-0.2, -0.15) is 0 Å². The first-order valence-electron chi connectivity index (χ1n) is 26.6. The Hall–Kier alpha value is -6.66. The average Bonchev–Trinajstić information content (AvgIpc) is 4.27. The molecule has 0 aromatic heterocycles. The van der Waals surface area contributed by atoms with E-state index in [2.05, 4.69) is 56.2 Å². The number of fused-ring (bicyclic) bond motifs is 2. The summed E-state index contributed by atoms with van der Waals surface area (Å²) in [7, 11) is 3.30. The number of nitrogens with one attached hydrogen (secondary N) is 6. The van der Waals surface area contributed by atoms with E-state index in [9.17, 15) is 38.4 Å². The largest absolute Gasteiger partial charge is 0.351 e. The summed E-state index contributed by atoms with van der Waals surface area (Å²) in [5.74, 6) is -1.91. The molecular weight excluding hydrogens is 941 g/mol. The maximum absolute atomic E-state index is 14.5. The van der Waals surface area contributed by atoms with Crippen molar-refractivity contribution in [1.82, 2.24) is 51.5 Å². The van der Waals surface area contributed by atoms with Gasteiger partial charge in [0.2, 0.25) is 47.3 Å². The van der Waals surface area contributed by atoms with Gasteiger partial charge in [0, 0.05) is 62.2 Å². The highest BCUT2D eigenvalue weighted by Crippen LogP contribution is 2.42. The molecule has 0 bridgehead atoms. The van der Waals surface area contributed by atoms with E-state index in [4.69, 9.17) is 0 Å². The predicted molar refractivity (Wildman–Crippen MR) is 276 cm³/mol. The van der Waals surface area contributed by atoms with Crippen LogP contribution in [-0.4, -0.2) is 168 Å². The molecule has 4 heterocycles. The quantitative estimate of drug-likeness (QED) is 0.121. The summed E-state index contributed by atoms with van der Waals surface area (Å²) >= 11 is 0. The molecule has 3 aromatic rings. The third-order valence-electron chi connectivity index (χ3n) is 16.4. The third kappa shape index (κ3) is 11.8. The number of carbonyl (C=O) groups excluding carboxylic acids is 8. The highest BCUT2D eigenvalue weighted by atomic mass is 16.2. The molecule has 12 atom stereocenters. The lowest BCUT2D eigenvalue weighted by molar-refractivity contribution is -0.147. The lowest BCUT2D eigenvalue weighted by atomic mass is 10.0. The van der Waals surface area contributed by atoms with Gasteiger partial charge < -0.3 is 51.5 Å². The number of hydrogen-bond acceptors (Lipinski definition) is 10. The van der Waals surface area contributed by atoms with E-state index in [0.717, 1.165) is 12.8 Å². The molecule has 8 amide bonds. The van der Waals surface area contributed by atoms with Crippen molar-refractivity contribution in [2.24, 2.45) is 0 Å². The highest BCUT2D eigenvalue weighted by Gasteiger charge is 2.50. The van der Waals surface area contributed by atoms with Crippen LogP contribution in [-0.2, 0) is 51.2 Å². The summed E-state index contributed by atoms with van der Waals surface area (Å²) in [5.41, 5.74) is 3.74. The van der Waals surface area contributed by atoms with Crippen LogP contribution < -0.4 is 31.9 Å². The highest BCUT2D eigenvalue weighted by molar-refractivity contribution is 5.96. The standard InChI is InChI=1S/C56H72N10O8/c1-33(57-3)51(69)61-45-31-63(25-23-39-19-21-47(65(39)55(45)73)53(71)59-43-29-41(43)37-11-7-5-8-12-37)49(67)27-35-15-17-36(18-16-35)28-50(68)64-26-24-40-20-22-48(54(72)60-44-30-42(44)38-13-9-6-10-14-38)66(40)56(74)46(32-64)62-52(70)34(2)58-4/h5-18,33-34,39-48,57-58H,19-32H2,1-4H3,(H,59,71)(H,60,72)(H,61,69)(H,62,70)/t33-,34-,39+,40+,41+,42+,43-,44-,45-,46+,47-,48-/m0/s1. The summed E-state index contributed by atoms with van der Waals surface area (Å²) in [6.45, 7) is 3.92. The van der Waals surface area contributed by atoms with E-state index >= 15 is 0 Å². The minimum absolute atomic E-state index is 0.00337. The van der Waals surface area contributed by atoms with Gasteiger partial charge in [0.25, 0.3) is 0 Å². The zero-order valence-corrected chi connectivity index (χ0v) is 43.0. The first-order chi connectivity index (χ1) is 35.7. The van der Waals surface area contributed by atoms with Gasteiger partial charge >= 0.3 is 0 Å². The molecular formula is C56H72N10O8. The molecule has 2 saturated carbocycles. The number of amides is 8. The first kappa shape index (κ1) is 52.2. The van der Waals surface area contributed by atoms with Crippen molar-refractivity contribution >= 4 is 47.3 Å². The van der Waals surface area contributed by atoms with E-state index in [-0.39, 0.29) is 97.4 Å². The van der Waals surface area contributed by atoms with Crippen LogP contribution in [0.3, 0.4) is 0 Å². The second kappa shape index (κ2) is 22.8. The van der Waals surface area contributed by atoms with Crippen LogP contribution in [0.2, 0.25) is 0 Å². The molecule has 6 fully saturated rings. The van der Waals surface area contributed by atoms with Gasteiger partial charge in [0.15, 0.2) is 0 Å². The third-order valence-corrected chi connectivity index (χ3v) is 16.4. The van der Waals surface area contributed by atoms with Crippen molar-refractivity contribution in [1.29, 1.82) is 0 Å². The monoisotopic (exact) mass is 1010 g/mol. The van der Waals surface area contributed by atoms with E-state index in [1.807, 2.05) is 36.4 Å². The molecule has 4 aliphatic heterocycles. The van der Waals surface area contributed by atoms with Gasteiger partial charge in [-0.3, -0.25) is 38.4 Å². The van der Waals surface area contributed by atoms with E-state index in [0.29, 0.717) is 62.7 Å². The molecule has 394 valence electrons.